The third-order valence-corrected chi connectivity index (χ3v) is 4.58. The van der Waals surface area contributed by atoms with Crippen LogP contribution in [0.1, 0.15) is 5.56 Å². The SMILES string of the molecule is CN1CC2(CN(Cc3cn(C)nc3-c3ccc(F)cc3)C2)OC1=O. The maximum Gasteiger partial charge on any atom is 0.410 e. The van der Waals surface area contributed by atoms with Gasteiger partial charge < -0.3 is 9.64 Å². The molecule has 2 saturated heterocycles. The number of carbonyl (C=O) groups is 1. The number of ether oxygens (including phenoxy) is 1. The fourth-order valence-corrected chi connectivity index (χ4v) is 3.58. The van der Waals surface area contributed by atoms with Crippen LogP contribution in [-0.2, 0) is 18.3 Å². The van der Waals surface area contributed by atoms with E-state index >= 15 is 0 Å². The van der Waals surface area contributed by atoms with E-state index in [4.69, 9.17) is 4.74 Å². The molecule has 2 aromatic rings. The van der Waals surface area contributed by atoms with Gasteiger partial charge in [0, 0.05) is 51.1 Å². The zero-order valence-electron chi connectivity index (χ0n) is 13.7. The Kier molecular flexibility index (Phi) is 3.35. The van der Waals surface area contributed by atoms with Crippen molar-refractivity contribution in [1.29, 1.82) is 0 Å². The number of nitrogens with zero attached hydrogens (tertiary/aromatic N) is 4. The van der Waals surface area contributed by atoms with E-state index in [9.17, 15) is 9.18 Å². The lowest BCUT2D eigenvalue weighted by Crippen LogP contribution is -2.63. The molecule has 1 spiro atoms. The lowest BCUT2D eigenvalue weighted by atomic mass is 9.93. The van der Waals surface area contributed by atoms with E-state index in [1.807, 2.05) is 13.2 Å². The molecular weight excluding hydrogens is 311 g/mol. The Morgan fingerprint density at radius 1 is 1.21 bits per heavy atom. The summed E-state index contributed by atoms with van der Waals surface area (Å²) in [7, 11) is 3.63. The van der Waals surface area contributed by atoms with Gasteiger partial charge in [0.15, 0.2) is 5.60 Å². The first-order valence-corrected chi connectivity index (χ1v) is 7.89. The molecule has 24 heavy (non-hydrogen) atoms. The Labute approximate surface area is 139 Å². The summed E-state index contributed by atoms with van der Waals surface area (Å²) in [6.45, 7) is 2.81. The van der Waals surface area contributed by atoms with Crippen molar-refractivity contribution in [2.45, 2.75) is 12.1 Å². The minimum Gasteiger partial charge on any atom is -0.438 e. The molecule has 7 heteroatoms. The zero-order chi connectivity index (χ0) is 16.9. The van der Waals surface area contributed by atoms with Crippen LogP contribution in [0.25, 0.3) is 11.3 Å². The lowest BCUT2D eigenvalue weighted by Gasteiger charge is -2.45. The molecule has 4 rings (SSSR count). The Bertz CT molecular complexity index is 780. The molecule has 0 radical (unpaired) electrons. The molecule has 2 aliphatic rings. The summed E-state index contributed by atoms with van der Waals surface area (Å²) in [5.74, 6) is -0.256. The summed E-state index contributed by atoms with van der Waals surface area (Å²) >= 11 is 0. The van der Waals surface area contributed by atoms with Gasteiger partial charge in [-0.05, 0) is 24.3 Å². The van der Waals surface area contributed by atoms with Gasteiger partial charge in [0.25, 0.3) is 0 Å². The van der Waals surface area contributed by atoms with E-state index < -0.39 is 0 Å². The number of amides is 1. The number of hydrogen-bond acceptors (Lipinski definition) is 4. The molecule has 0 aliphatic carbocycles. The van der Waals surface area contributed by atoms with Crippen molar-refractivity contribution in [3.05, 3.63) is 41.8 Å². The highest BCUT2D eigenvalue weighted by Gasteiger charge is 2.52. The standard InChI is InChI=1S/C17H19FN4O2/c1-20-9-17(24-16(20)23)10-22(11-17)8-13-7-21(2)19-15(13)12-3-5-14(18)6-4-12/h3-7H,8-11H2,1-2H3. The summed E-state index contributed by atoms with van der Waals surface area (Å²) in [5.41, 5.74) is 2.48. The van der Waals surface area contributed by atoms with Gasteiger partial charge in [-0.2, -0.15) is 5.10 Å². The van der Waals surface area contributed by atoms with Gasteiger partial charge in [-0.1, -0.05) is 0 Å². The summed E-state index contributed by atoms with van der Waals surface area (Å²) in [6.07, 6.45) is 1.74. The number of likely N-dealkylation sites (N-methyl/N-ethyl adjacent to an activating group) is 1. The second-order valence-electron chi connectivity index (χ2n) is 6.74. The van der Waals surface area contributed by atoms with E-state index in [1.54, 1.807) is 28.8 Å². The predicted octanol–water partition coefficient (Wildman–Crippen LogP) is 1.86. The Morgan fingerprint density at radius 3 is 2.54 bits per heavy atom. The highest BCUT2D eigenvalue weighted by molar-refractivity contribution is 5.70. The van der Waals surface area contributed by atoms with Crippen LogP contribution in [0.3, 0.4) is 0 Å². The topological polar surface area (TPSA) is 50.6 Å². The summed E-state index contributed by atoms with van der Waals surface area (Å²) < 4.78 is 20.4. The molecule has 2 fully saturated rings. The maximum absolute atomic E-state index is 13.1. The number of carbonyl (C=O) groups excluding carboxylic acids is 1. The summed E-state index contributed by atoms with van der Waals surface area (Å²) in [6, 6.07) is 6.37. The Balaban J connectivity index is 1.49. The predicted molar refractivity (Wildman–Crippen MR) is 85.7 cm³/mol. The second-order valence-corrected chi connectivity index (χ2v) is 6.74. The first-order valence-electron chi connectivity index (χ1n) is 7.89. The molecule has 1 aromatic carbocycles. The number of benzene rings is 1. The molecule has 1 aromatic heterocycles. The first-order chi connectivity index (χ1) is 11.4. The van der Waals surface area contributed by atoms with E-state index in [2.05, 4.69) is 10.00 Å². The molecule has 126 valence electrons. The number of aromatic nitrogens is 2. The van der Waals surface area contributed by atoms with Crippen molar-refractivity contribution in [3.8, 4) is 11.3 Å². The third-order valence-electron chi connectivity index (χ3n) is 4.58. The van der Waals surface area contributed by atoms with Crippen LogP contribution in [-0.4, -0.2) is 58.0 Å². The molecule has 0 atom stereocenters. The van der Waals surface area contributed by atoms with Crippen molar-refractivity contribution >= 4 is 6.09 Å². The lowest BCUT2D eigenvalue weighted by molar-refractivity contribution is -0.0772. The first kappa shape index (κ1) is 15.1. The van der Waals surface area contributed by atoms with Gasteiger partial charge in [-0.3, -0.25) is 9.58 Å². The largest absolute Gasteiger partial charge is 0.438 e. The van der Waals surface area contributed by atoms with Crippen molar-refractivity contribution in [1.82, 2.24) is 19.6 Å². The van der Waals surface area contributed by atoms with E-state index in [0.29, 0.717) is 6.54 Å². The van der Waals surface area contributed by atoms with Crippen molar-refractivity contribution in [3.63, 3.8) is 0 Å². The molecule has 6 nitrogen and oxygen atoms in total. The van der Waals surface area contributed by atoms with E-state index in [1.165, 1.54) is 12.1 Å². The molecule has 2 aliphatic heterocycles. The molecule has 0 N–H and O–H groups in total. The molecule has 0 bridgehead atoms. The van der Waals surface area contributed by atoms with Gasteiger partial charge in [0.1, 0.15) is 5.82 Å². The van der Waals surface area contributed by atoms with Crippen LogP contribution in [0.15, 0.2) is 30.5 Å². The van der Waals surface area contributed by atoms with Crippen molar-refractivity contribution in [2.24, 2.45) is 7.05 Å². The van der Waals surface area contributed by atoms with E-state index in [-0.39, 0.29) is 17.5 Å². The van der Waals surface area contributed by atoms with Gasteiger partial charge >= 0.3 is 6.09 Å². The number of rotatable bonds is 3. The van der Waals surface area contributed by atoms with Gasteiger partial charge in [0.05, 0.1) is 12.2 Å². The molecule has 1 amide bonds. The number of likely N-dealkylation sites (tertiary alicyclic amines) is 1. The van der Waals surface area contributed by atoms with Crippen LogP contribution < -0.4 is 0 Å². The zero-order valence-corrected chi connectivity index (χ0v) is 13.7. The van der Waals surface area contributed by atoms with Gasteiger partial charge in [-0.25, -0.2) is 9.18 Å². The van der Waals surface area contributed by atoms with Gasteiger partial charge in [0.2, 0.25) is 0 Å². The summed E-state index contributed by atoms with van der Waals surface area (Å²) in [5, 5.41) is 4.51. The Morgan fingerprint density at radius 2 is 1.92 bits per heavy atom. The highest BCUT2D eigenvalue weighted by Crippen LogP contribution is 2.34. The minimum absolute atomic E-state index is 0.247. The van der Waals surface area contributed by atoms with Crippen LogP contribution in [0, 0.1) is 5.82 Å². The minimum atomic E-state index is -0.357. The van der Waals surface area contributed by atoms with Crippen LogP contribution in [0.4, 0.5) is 9.18 Å². The van der Waals surface area contributed by atoms with Crippen LogP contribution in [0.5, 0.6) is 0 Å². The van der Waals surface area contributed by atoms with Crippen LogP contribution >= 0.6 is 0 Å². The third kappa shape index (κ3) is 2.54. The maximum atomic E-state index is 13.1. The fraction of sp³-hybridized carbons (Fsp3) is 0.412. The monoisotopic (exact) mass is 330 g/mol. The number of aryl methyl sites for hydroxylation is 1. The highest BCUT2D eigenvalue weighted by atomic mass is 19.1. The van der Waals surface area contributed by atoms with Crippen molar-refractivity contribution < 1.29 is 13.9 Å². The molecular formula is C17H19FN4O2. The van der Waals surface area contributed by atoms with Crippen molar-refractivity contribution in [2.75, 3.05) is 26.7 Å². The molecule has 0 saturated carbocycles. The van der Waals surface area contributed by atoms with E-state index in [0.717, 1.165) is 36.5 Å². The molecule has 3 heterocycles. The van der Waals surface area contributed by atoms with Gasteiger partial charge in [-0.15, -0.1) is 0 Å². The normalized spacial score (nSPS) is 19.6. The second kappa shape index (κ2) is 5.31. The average Bonchev–Trinajstić information content (AvgIpc) is 3.00. The Hall–Kier alpha value is -2.41. The quantitative estimate of drug-likeness (QED) is 0.862. The fourth-order valence-electron chi connectivity index (χ4n) is 3.58. The number of halogens is 1. The number of hydrogen-bond donors (Lipinski definition) is 0. The van der Waals surface area contributed by atoms with Crippen LogP contribution in [0.2, 0.25) is 0 Å². The molecule has 0 unspecified atom stereocenters. The summed E-state index contributed by atoms with van der Waals surface area (Å²) in [4.78, 5) is 15.4. The smallest absolute Gasteiger partial charge is 0.410 e. The average molecular weight is 330 g/mol.